The van der Waals surface area contributed by atoms with Crippen molar-refractivity contribution in [2.75, 3.05) is 11.1 Å². The third kappa shape index (κ3) is 6.54. The number of anilines is 3. The summed E-state index contributed by atoms with van der Waals surface area (Å²) in [6.07, 6.45) is -0.463. The summed E-state index contributed by atoms with van der Waals surface area (Å²) in [5.41, 5.74) is 8.21. The Hall–Kier alpha value is -3.52. The second-order valence-electron chi connectivity index (χ2n) is 15.3. The summed E-state index contributed by atoms with van der Waals surface area (Å²) < 4.78 is 75.5. The van der Waals surface area contributed by atoms with E-state index in [-0.39, 0.29) is 52.9 Å². The van der Waals surface area contributed by atoms with E-state index >= 15 is 0 Å². The molecule has 2 nitrogen and oxygen atoms in total. The predicted molar refractivity (Wildman–Crippen MR) is 189 cm³/mol. The van der Waals surface area contributed by atoms with Crippen molar-refractivity contribution in [1.29, 1.82) is 0 Å². The Morgan fingerprint density at radius 1 is 0.767 bits per heavy atom. The molecule has 3 N–H and O–H groups in total. The lowest BCUT2D eigenvalue weighted by atomic mass is 9.63. The van der Waals surface area contributed by atoms with E-state index in [0.717, 1.165) is 24.0 Å². The lowest BCUT2D eigenvalue weighted by molar-refractivity contribution is 0.332. The van der Waals surface area contributed by atoms with Crippen molar-refractivity contribution in [3.05, 3.63) is 101 Å². The molecule has 0 radical (unpaired) electrons. The first-order chi connectivity index (χ1) is 23.3. The van der Waals surface area contributed by atoms with Crippen molar-refractivity contribution >= 4 is 17.1 Å². The topological polar surface area (TPSA) is 38.0 Å². The van der Waals surface area contributed by atoms with Crippen LogP contribution in [0.15, 0.2) is 78.7 Å². The van der Waals surface area contributed by atoms with Gasteiger partial charge in [0.2, 0.25) is 0 Å². The minimum absolute atomic E-state index is 0.0566. The summed E-state index contributed by atoms with van der Waals surface area (Å²) >= 11 is 0. The van der Waals surface area contributed by atoms with Gasteiger partial charge in [0, 0.05) is 13.9 Å². The molecule has 43 heavy (non-hydrogen) atoms. The maximum atomic E-state index is 9.73. The second-order valence-corrected chi connectivity index (χ2v) is 15.3. The lowest BCUT2D eigenvalue weighted by Gasteiger charge is -2.42. The van der Waals surface area contributed by atoms with Gasteiger partial charge in [0.1, 0.15) is 0 Å². The molecule has 2 heteroatoms. The van der Waals surface area contributed by atoms with Gasteiger partial charge in [0.05, 0.1) is 25.3 Å². The van der Waals surface area contributed by atoms with Crippen LogP contribution in [0.25, 0.3) is 22.3 Å². The van der Waals surface area contributed by atoms with E-state index in [1.165, 1.54) is 0 Å². The smallest absolute Gasteiger partial charge is 0.0632 e. The Kier molecular flexibility index (Phi) is 5.58. The van der Waals surface area contributed by atoms with Gasteiger partial charge in [-0.25, -0.2) is 0 Å². The van der Waals surface area contributed by atoms with E-state index in [2.05, 4.69) is 33.0 Å². The number of nitrogens with one attached hydrogen (secondary N) is 1. The fraction of sp³-hybridized carbons (Fsp3) is 0.415. The van der Waals surface area contributed by atoms with Gasteiger partial charge in [-0.05, 0) is 86.4 Å². The van der Waals surface area contributed by atoms with Crippen LogP contribution >= 0.6 is 0 Å². The van der Waals surface area contributed by atoms with Gasteiger partial charge in [0.25, 0.3) is 0 Å². The molecule has 226 valence electrons. The molecule has 1 aliphatic rings. The van der Waals surface area contributed by atoms with Gasteiger partial charge in [-0.2, -0.15) is 0 Å². The normalized spacial score (nSPS) is 19.0. The van der Waals surface area contributed by atoms with Crippen molar-refractivity contribution < 1.29 is 11.0 Å². The van der Waals surface area contributed by atoms with Crippen LogP contribution in [0.2, 0.25) is 0 Å². The molecule has 0 bridgehead atoms. The van der Waals surface area contributed by atoms with Crippen molar-refractivity contribution in [2.24, 2.45) is 5.41 Å². The first kappa shape index (κ1) is 22.1. The SMILES string of the molecule is [2H]c1c([2H])c2c(c([2H])c1-c1cccc(-c3c([2H])c(C(C)(C)C)c([2H])c(C([2H])([2H])C(C)(C)C)c3[2H])c1Nc1ccccc1N)C(C)(C)CCC2(C)C. The minimum atomic E-state index is -2.11. The monoisotopic (exact) mass is 580 g/mol. The predicted octanol–water partition coefficient (Wildman–Crippen LogP) is 11.6. The standard InChI is InChI=1S/C41H52N2/c1-38(2,3)26-27-22-29(24-30(23-27)39(4,5)6)32-15-13-14-31(37(32)43-36-17-12-11-16-35(36)42)28-18-19-33-34(25-28)41(9,10)21-20-40(33,7)8/h11-19,22-25,43H,20-21,26,42H2,1-10H3/i18D,19D,22D,23D,24D,25D,26D2. The van der Waals surface area contributed by atoms with Gasteiger partial charge in [-0.3, -0.25) is 0 Å². The van der Waals surface area contributed by atoms with Gasteiger partial charge in [-0.1, -0.05) is 136 Å². The van der Waals surface area contributed by atoms with Crippen molar-refractivity contribution in [3.63, 3.8) is 0 Å². The van der Waals surface area contributed by atoms with Crippen molar-refractivity contribution in [2.45, 2.75) is 105 Å². The molecule has 0 saturated carbocycles. The summed E-state index contributed by atoms with van der Waals surface area (Å²) in [5, 5.41) is 3.45. The number of fused-ring (bicyclic) bond motifs is 1. The zero-order chi connectivity index (χ0) is 38.4. The highest BCUT2D eigenvalue weighted by atomic mass is 14.9. The third-order valence-corrected chi connectivity index (χ3v) is 8.36. The molecular formula is C41H52N2. The van der Waals surface area contributed by atoms with Crippen LogP contribution in [0.4, 0.5) is 17.1 Å². The van der Waals surface area contributed by atoms with Crippen molar-refractivity contribution in [1.82, 2.24) is 0 Å². The highest BCUT2D eigenvalue weighted by molar-refractivity contribution is 5.94. The number of hydrogen-bond acceptors (Lipinski definition) is 2. The minimum Gasteiger partial charge on any atom is -0.397 e. The Balaban J connectivity index is 2.00. The zero-order valence-corrected chi connectivity index (χ0v) is 27.5. The average Bonchev–Trinajstić information content (AvgIpc) is 2.98. The molecule has 0 aliphatic heterocycles. The lowest BCUT2D eigenvalue weighted by Crippen LogP contribution is -2.33. The summed E-state index contributed by atoms with van der Waals surface area (Å²) in [5.74, 6) is 0. The quantitative estimate of drug-likeness (QED) is 0.230. The fourth-order valence-corrected chi connectivity index (χ4v) is 5.70. The van der Waals surface area contributed by atoms with Crippen LogP contribution in [-0.4, -0.2) is 0 Å². The highest BCUT2D eigenvalue weighted by Crippen LogP contribution is 2.48. The number of rotatable bonds is 5. The molecule has 4 aromatic rings. The number of nitrogen functional groups attached to an aromatic ring is 1. The van der Waals surface area contributed by atoms with Crippen LogP contribution in [0, 0.1) is 5.41 Å². The molecule has 0 fully saturated rings. The highest BCUT2D eigenvalue weighted by Gasteiger charge is 2.37. The van der Waals surface area contributed by atoms with E-state index in [0.29, 0.717) is 33.8 Å². The summed E-state index contributed by atoms with van der Waals surface area (Å²) in [6, 6.07) is 12.2. The number of para-hydroxylation sites is 3. The Morgan fingerprint density at radius 3 is 2.02 bits per heavy atom. The average molecular weight is 581 g/mol. The third-order valence-electron chi connectivity index (χ3n) is 8.36. The molecule has 0 aromatic heterocycles. The largest absolute Gasteiger partial charge is 0.397 e. The molecular weight excluding hydrogens is 520 g/mol. The van der Waals surface area contributed by atoms with E-state index < -0.39 is 28.0 Å². The van der Waals surface area contributed by atoms with Crippen LogP contribution in [0.1, 0.15) is 115 Å². The van der Waals surface area contributed by atoms with Crippen LogP contribution in [-0.2, 0) is 22.6 Å². The van der Waals surface area contributed by atoms with Gasteiger partial charge in [-0.15, -0.1) is 0 Å². The zero-order valence-electron chi connectivity index (χ0n) is 35.5. The van der Waals surface area contributed by atoms with Gasteiger partial charge >= 0.3 is 0 Å². The molecule has 0 amide bonds. The first-order valence-electron chi connectivity index (χ1n) is 19.3. The maximum absolute atomic E-state index is 9.73. The fourth-order valence-electron chi connectivity index (χ4n) is 5.70. The van der Waals surface area contributed by atoms with Crippen LogP contribution < -0.4 is 11.1 Å². The van der Waals surface area contributed by atoms with Crippen LogP contribution in [0.5, 0.6) is 0 Å². The van der Waals surface area contributed by atoms with E-state index in [4.69, 9.17) is 5.73 Å². The second kappa shape index (κ2) is 10.9. The molecule has 0 atom stereocenters. The summed E-state index contributed by atoms with van der Waals surface area (Å²) in [6.45, 7) is 19.2. The van der Waals surface area contributed by atoms with Gasteiger partial charge in [0.15, 0.2) is 0 Å². The number of nitrogens with two attached hydrogens (primary N) is 1. The molecule has 0 unspecified atom stereocenters. The molecule has 0 heterocycles. The molecule has 5 rings (SSSR count). The number of hydrogen-bond donors (Lipinski definition) is 2. The Morgan fingerprint density at radius 2 is 1.40 bits per heavy atom. The van der Waals surface area contributed by atoms with E-state index in [1.807, 2.05) is 32.9 Å². The molecule has 1 aliphatic carbocycles. The number of benzene rings is 4. The van der Waals surface area contributed by atoms with Crippen molar-refractivity contribution in [3.8, 4) is 22.3 Å². The molecule has 4 aromatic carbocycles. The Bertz CT molecular complexity index is 2050. The molecule has 0 spiro atoms. The molecule has 0 saturated heterocycles. The maximum Gasteiger partial charge on any atom is 0.0632 e. The first-order valence-corrected chi connectivity index (χ1v) is 15.3. The van der Waals surface area contributed by atoms with E-state index in [9.17, 15) is 11.0 Å². The Labute approximate surface area is 272 Å². The summed E-state index contributed by atoms with van der Waals surface area (Å²) in [7, 11) is 0. The van der Waals surface area contributed by atoms with Crippen LogP contribution in [0.3, 0.4) is 0 Å². The summed E-state index contributed by atoms with van der Waals surface area (Å²) in [4.78, 5) is 0. The van der Waals surface area contributed by atoms with Gasteiger partial charge < -0.3 is 11.1 Å². The van der Waals surface area contributed by atoms with E-state index in [1.54, 1.807) is 51.1 Å².